The lowest BCUT2D eigenvalue weighted by Crippen LogP contribution is -2.40. The van der Waals surface area contributed by atoms with Crippen molar-refractivity contribution in [2.24, 2.45) is 40.4 Å². The molecule has 21 rings (SSSR count). The van der Waals surface area contributed by atoms with Crippen molar-refractivity contribution in [2.45, 2.75) is 259 Å². The first-order valence-electron chi connectivity index (χ1n) is 50.4. The van der Waals surface area contributed by atoms with Gasteiger partial charge >= 0.3 is 0 Å². The van der Waals surface area contributed by atoms with Crippen LogP contribution in [-0.2, 0) is 28.8 Å². The fourth-order valence-electron chi connectivity index (χ4n) is 19.0. The van der Waals surface area contributed by atoms with Gasteiger partial charge in [-0.15, -0.1) is 0 Å². The van der Waals surface area contributed by atoms with E-state index in [-0.39, 0.29) is 107 Å². The Bertz CT molecular complexity index is 7420. The first kappa shape index (κ1) is 105. The number of fused-ring (bicyclic) bond motifs is 6. The first-order valence-corrected chi connectivity index (χ1v) is 50.4. The number of nitrogens with one attached hydrogen (secondary N) is 6. The third-order valence-corrected chi connectivity index (χ3v) is 29.5. The summed E-state index contributed by atoms with van der Waals surface area (Å²) in [6, 6.07) is 47.3. The molecule has 4 atom stereocenters. The number of anilines is 6. The SMILES string of the molecule is CC(O)(CC(=O)Nc1nc2ccc(C#N)cc2n1C1CCC1)C1CC1.[C-]#[N+]c1ccc2nc(NC(=O)C3CC3(C)C)n(-c3ccc(F)cc3)c2c1.[C-]#[N+]c1ccc2nc(NC(=O)CC(C)(C)O)n(C3CCC3)c2c1.[C-]#[N+]c1ccc2nc(NC(=O)CC(C)(C)O)n(C3CCC3)c2c1.[C-]#[N+]c1ccc2nc(NC(=O)[C@@H](C)C(C)C)n(-c3ccc(F)cc3)c2c1.[C-]#[N+]c1ccc2nc(NC(=O)[C@@H](C)C3(C)CCC3)n(C3CCC3)c2c1. The average Bonchev–Trinajstić information content (AvgIpc) is 1.61. The summed E-state index contributed by atoms with van der Waals surface area (Å²) < 4.78 is 38.4. The van der Waals surface area contributed by atoms with Crippen molar-refractivity contribution in [3.05, 3.63) is 232 Å². The van der Waals surface area contributed by atoms with E-state index in [1.165, 1.54) is 37.1 Å². The Morgan fingerprint density at radius 1 is 0.412 bits per heavy atom. The molecule has 762 valence electrons. The molecule has 0 aliphatic heterocycles. The zero-order valence-electron chi connectivity index (χ0n) is 85.2. The van der Waals surface area contributed by atoms with Gasteiger partial charge in [-0.1, -0.05) is 85.2 Å². The Hall–Kier alpha value is -15.9. The predicted molar refractivity (Wildman–Crippen MR) is 567 cm³/mol. The maximum Gasteiger partial charge on any atom is 0.230 e. The molecule has 35 heteroatoms. The van der Waals surface area contributed by atoms with Crippen molar-refractivity contribution in [3.8, 4) is 17.4 Å². The van der Waals surface area contributed by atoms with E-state index in [2.05, 4.69) is 117 Å². The zero-order valence-corrected chi connectivity index (χ0v) is 85.2. The van der Waals surface area contributed by atoms with E-state index in [0.717, 1.165) is 147 Å². The lowest BCUT2D eigenvalue weighted by atomic mass is 9.63. The van der Waals surface area contributed by atoms with Crippen LogP contribution in [0, 0.1) is 96.2 Å². The van der Waals surface area contributed by atoms with E-state index < -0.39 is 16.8 Å². The number of carbonyl (C=O) groups is 6. The summed E-state index contributed by atoms with van der Waals surface area (Å²) >= 11 is 0. The van der Waals surface area contributed by atoms with Crippen LogP contribution in [0.25, 0.3) is 102 Å². The second-order valence-corrected chi connectivity index (χ2v) is 42.7. The van der Waals surface area contributed by atoms with Gasteiger partial charge < -0.3 is 33.6 Å². The van der Waals surface area contributed by atoms with Gasteiger partial charge in [0.1, 0.15) is 11.6 Å². The van der Waals surface area contributed by atoms with Crippen LogP contribution in [0.1, 0.15) is 248 Å². The van der Waals surface area contributed by atoms with Crippen LogP contribution in [-0.4, -0.2) is 125 Å². The van der Waals surface area contributed by atoms with Crippen LogP contribution in [0.2, 0.25) is 0 Å². The Labute approximate surface area is 857 Å². The number of imidazole rings is 6. The van der Waals surface area contributed by atoms with E-state index in [1.54, 1.807) is 129 Å². The molecule has 33 nitrogen and oxygen atoms in total. The summed E-state index contributed by atoms with van der Waals surface area (Å²) in [5.74, 6) is 1.48. The third-order valence-electron chi connectivity index (χ3n) is 29.5. The van der Waals surface area contributed by atoms with Crippen LogP contribution in [0.15, 0.2) is 158 Å². The number of benzene rings is 8. The molecular weight excluding hydrogens is 1880 g/mol. The standard InChI is InChI=1S/C20H17FN4O.C20H19FN4O.C20H24N4O.C19H22N4O2.2C17H20N4O2/c1-20(2)11-15(20)18(26)24-19-23-16-9-6-13(22-3)10-17(16)25(19)14-7-4-12(21)5-8-14;1-12(2)13(3)19(26)24-20-23-17-10-7-15(22-4)11-18(17)25(20)16-8-5-14(21)6-9-16;1-13(20(2)10-5-11-20)18(25)23-19-22-16-9-8-14(21-3)12-17(16)24(19)15-6-4-7-15;1-19(25,13-6-7-13)10-17(24)22-18-21-15-8-5-12(11-20)9-16(15)23(18)14-3-2-4-14;2*1-17(2,23)10-15(22)20-16-19-13-8-7-11(18-3)9-14(13)21(16)12-5-4-6-12/h4-10,15H,11H2,1-2H3,(H,23,24,26);5-13H,1-3H3,(H,23,24,26);8-9,12-13,15H,4-7,10-11H2,1-2H3,(H,22,23,25);5,8-9,13-14,25H,2-4,6-7,10H2,1H3,(H,21,22,24);2*7-9,12,23H,4-6,10H2,1-2H3,(H,19,20,22)/t;2*13-;;;/m.01.../s1. The molecule has 7 saturated carbocycles. The summed E-state index contributed by atoms with van der Waals surface area (Å²) in [6.07, 6.45) is 19.5. The van der Waals surface area contributed by atoms with Crippen molar-refractivity contribution in [3.63, 3.8) is 0 Å². The van der Waals surface area contributed by atoms with Crippen LogP contribution in [0.4, 0.5) is 72.9 Å². The number of hydrogen-bond donors (Lipinski definition) is 9. The van der Waals surface area contributed by atoms with Gasteiger partial charge in [-0.2, -0.15) is 5.26 Å². The number of hydrogen-bond acceptors (Lipinski definition) is 16. The summed E-state index contributed by atoms with van der Waals surface area (Å²) in [4.78, 5) is 119. The highest BCUT2D eigenvalue weighted by molar-refractivity contribution is 6.00. The molecular formula is C113H122F2N24O9. The molecule has 2 unspecified atom stereocenters. The Balaban J connectivity index is 0.000000127. The molecule has 0 saturated heterocycles. The second-order valence-electron chi connectivity index (χ2n) is 42.7. The summed E-state index contributed by atoms with van der Waals surface area (Å²) in [5, 5.41) is 56.6. The van der Waals surface area contributed by atoms with E-state index in [4.69, 9.17) is 38.1 Å². The molecule has 0 spiro atoms. The van der Waals surface area contributed by atoms with E-state index in [9.17, 15) is 52.9 Å². The number of amides is 6. The Morgan fingerprint density at radius 2 is 0.716 bits per heavy atom. The second kappa shape index (κ2) is 43.4. The molecule has 8 aromatic carbocycles. The van der Waals surface area contributed by atoms with Crippen LogP contribution >= 0.6 is 0 Å². The topological polar surface area (TPSA) is 388 Å². The summed E-state index contributed by atoms with van der Waals surface area (Å²) in [7, 11) is 0. The number of rotatable bonds is 24. The molecule has 0 radical (unpaired) electrons. The van der Waals surface area contributed by atoms with E-state index in [1.807, 2.05) is 89.9 Å². The van der Waals surface area contributed by atoms with Crippen molar-refractivity contribution in [2.75, 3.05) is 31.9 Å². The van der Waals surface area contributed by atoms with Crippen molar-refractivity contribution < 1.29 is 52.9 Å². The summed E-state index contributed by atoms with van der Waals surface area (Å²) in [5.41, 5.74) is 11.1. The minimum Gasteiger partial charge on any atom is -0.390 e. The van der Waals surface area contributed by atoms with E-state index in [0.29, 0.717) is 127 Å². The molecule has 14 aromatic rings. The Morgan fingerprint density at radius 3 is 1.01 bits per heavy atom. The molecule has 148 heavy (non-hydrogen) atoms. The third kappa shape index (κ3) is 23.9. The fourth-order valence-corrected chi connectivity index (χ4v) is 19.0. The van der Waals surface area contributed by atoms with Crippen molar-refractivity contribution >= 4 is 166 Å². The largest absolute Gasteiger partial charge is 0.390 e. The molecule has 7 aliphatic rings. The molecule has 6 aromatic heterocycles. The van der Waals surface area contributed by atoms with Crippen LogP contribution < -0.4 is 31.9 Å². The summed E-state index contributed by atoms with van der Waals surface area (Å²) in [6.45, 7) is 58.4. The van der Waals surface area contributed by atoms with Gasteiger partial charge in [0.05, 0.1) is 147 Å². The van der Waals surface area contributed by atoms with Crippen LogP contribution in [0.5, 0.6) is 0 Å². The van der Waals surface area contributed by atoms with Crippen molar-refractivity contribution in [1.82, 2.24) is 57.3 Å². The zero-order chi connectivity index (χ0) is 106. The first-order chi connectivity index (χ1) is 70.5. The van der Waals surface area contributed by atoms with Crippen molar-refractivity contribution in [1.29, 1.82) is 5.26 Å². The highest BCUT2D eigenvalue weighted by atomic mass is 19.1. The van der Waals surface area contributed by atoms with Gasteiger partial charge in [-0.05, 0) is 294 Å². The molecule has 9 N–H and O–H groups in total. The molecule has 7 fully saturated rings. The molecule has 0 bridgehead atoms. The van der Waals surface area contributed by atoms with Gasteiger partial charge in [0.15, 0.2) is 28.4 Å². The molecule has 6 amide bonds. The predicted octanol–water partition coefficient (Wildman–Crippen LogP) is 24.7. The number of aliphatic hydroxyl groups is 3. The lowest BCUT2D eigenvalue weighted by Gasteiger charge is -2.42. The smallest absolute Gasteiger partial charge is 0.230 e. The van der Waals surface area contributed by atoms with Gasteiger partial charge in [-0.3, -0.25) is 69.8 Å². The van der Waals surface area contributed by atoms with Crippen LogP contribution in [0.3, 0.4) is 0 Å². The molecule has 7 aliphatic carbocycles. The number of nitrogens with zero attached hydrogens (tertiary/aromatic N) is 18. The fraction of sp³-hybridized carbons (Fsp3) is 0.416. The molecule has 6 heterocycles. The quantitative estimate of drug-likeness (QED) is 0.0254. The minimum absolute atomic E-state index is 0.00801. The monoisotopic (exact) mass is 2000 g/mol. The Kier molecular flexibility index (Phi) is 30.8. The number of nitriles is 1. The minimum atomic E-state index is -1.06. The number of halogens is 2. The van der Waals surface area contributed by atoms with Gasteiger partial charge in [0, 0.05) is 53.3 Å². The average molecular weight is 2000 g/mol. The lowest BCUT2D eigenvalue weighted by molar-refractivity contribution is -0.125. The normalized spacial score (nSPS) is 16.8. The highest BCUT2D eigenvalue weighted by Gasteiger charge is 2.51. The van der Waals surface area contributed by atoms with E-state index >= 15 is 0 Å². The number of carbonyl (C=O) groups excluding carboxylic acids is 6. The van der Waals surface area contributed by atoms with Gasteiger partial charge in [0.2, 0.25) is 71.1 Å². The maximum atomic E-state index is 13.3. The highest BCUT2D eigenvalue weighted by Crippen LogP contribution is 2.53. The van der Waals surface area contributed by atoms with Gasteiger partial charge in [-0.25, -0.2) is 62.9 Å². The maximum absolute atomic E-state index is 13.3. The number of aromatic nitrogens is 12. The van der Waals surface area contributed by atoms with Gasteiger partial charge in [0.25, 0.3) is 0 Å².